The van der Waals surface area contributed by atoms with E-state index in [9.17, 15) is 19.6 Å². The smallest absolute Gasteiger partial charge is 0.403 e. The molecule has 174 valence electrons. The molecule has 0 saturated carbocycles. The van der Waals surface area contributed by atoms with Gasteiger partial charge in [-0.2, -0.15) is 0 Å². The second-order valence-corrected chi connectivity index (χ2v) is 9.84. The first-order chi connectivity index (χ1) is 14.9. The third kappa shape index (κ3) is 4.08. The number of nitrogens with one attached hydrogen (secondary N) is 1. The third-order valence-electron chi connectivity index (χ3n) is 5.29. The maximum Gasteiger partial charge on any atom is 0.530 e. The van der Waals surface area contributed by atoms with Crippen LogP contribution in [0.2, 0.25) is 0 Å². The van der Waals surface area contributed by atoms with Crippen molar-refractivity contribution in [3.8, 4) is 5.75 Å². The number of phosphoric acid groups is 1. The summed E-state index contributed by atoms with van der Waals surface area (Å²) >= 11 is 5.04. The van der Waals surface area contributed by atoms with Gasteiger partial charge in [0.05, 0.1) is 6.61 Å². The number of rotatable bonds is 4. The van der Waals surface area contributed by atoms with Crippen LogP contribution in [0.3, 0.4) is 0 Å². The molecule has 3 N–H and O–H groups in total. The number of H-pyrrole nitrogens is 1. The van der Waals surface area contributed by atoms with E-state index in [4.69, 9.17) is 30.5 Å². The number of aromatic nitrogens is 2. The van der Waals surface area contributed by atoms with E-state index in [1.165, 1.54) is 13.1 Å². The molecule has 3 heterocycles. The summed E-state index contributed by atoms with van der Waals surface area (Å²) in [5.74, 6) is -2.64. The number of fused-ring (bicyclic) bond motifs is 1. The van der Waals surface area contributed by atoms with Crippen molar-refractivity contribution >= 4 is 20.0 Å². The Kier molecular flexibility index (Phi) is 5.91. The highest BCUT2D eigenvalue weighted by molar-refractivity contribution is 7.71. The number of hydrogen-bond acceptors (Lipinski definition) is 9. The Morgan fingerprint density at radius 2 is 2.06 bits per heavy atom. The van der Waals surface area contributed by atoms with Gasteiger partial charge in [-0.3, -0.25) is 23.4 Å². The molecule has 32 heavy (non-hydrogen) atoms. The lowest BCUT2D eigenvalue weighted by atomic mass is 10.1. The van der Waals surface area contributed by atoms with E-state index in [1.54, 1.807) is 6.92 Å². The molecule has 1 aromatic carbocycles. The summed E-state index contributed by atoms with van der Waals surface area (Å²) in [6.45, 7) is 4.00. The van der Waals surface area contributed by atoms with Crippen molar-refractivity contribution in [2.24, 2.45) is 0 Å². The SMILES string of the molecule is Cc1cc(C)c2c(c1)COP(=O)(OC[C@@]1(F)O[C@@H](n3cc(C)c(=O)[nH]c3=S)[C@H](O)[C@@H]1O)O2. The zero-order valence-corrected chi connectivity index (χ0v) is 19.1. The fourth-order valence-electron chi connectivity index (χ4n) is 3.66. The van der Waals surface area contributed by atoms with Crippen molar-refractivity contribution in [2.45, 2.75) is 51.7 Å². The van der Waals surface area contributed by atoms with Gasteiger partial charge in [-0.25, -0.2) is 8.96 Å². The molecule has 0 spiro atoms. The summed E-state index contributed by atoms with van der Waals surface area (Å²) in [5.41, 5.74) is 2.12. The monoisotopic (exact) mass is 488 g/mol. The highest BCUT2D eigenvalue weighted by Crippen LogP contribution is 2.56. The number of ether oxygens (including phenoxy) is 1. The van der Waals surface area contributed by atoms with Gasteiger partial charge in [0.15, 0.2) is 11.0 Å². The minimum absolute atomic E-state index is 0.0745. The van der Waals surface area contributed by atoms with Gasteiger partial charge in [-0.05, 0) is 38.6 Å². The first-order valence-electron chi connectivity index (χ1n) is 9.66. The van der Waals surface area contributed by atoms with Gasteiger partial charge in [-0.1, -0.05) is 17.7 Å². The van der Waals surface area contributed by atoms with E-state index in [-0.39, 0.29) is 16.9 Å². The van der Waals surface area contributed by atoms with E-state index in [2.05, 4.69) is 4.98 Å². The highest BCUT2D eigenvalue weighted by Gasteiger charge is 2.57. The number of benzene rings is 1. The van der Waals surface area contributed by atoms with E-state index in [0.29, 0.717) is 16.9 Å². The predicted molar refractivity (Wildman–Crippen MR) is 111 cm³/mol. The van der Waals surface area contributed by atoms with Crippen molar-refractivity contribution < 1.29 is 37.5 Å². The number of hydrogen-bond donors (Lipinski definition) is 3. The molecule has 13 heteroatoms. The third-order valence-corrected chi connectivity index (χ3v) is 6.90. The summed E-state index contributed by atoms with van der Waals surface area (Å²) in [7, 11) is -4.23. The average molecular weight is 488 g/mol. The number of aliphatic hydroxyl groups is 2. The normalized spacial score (nSPS) is 31.9. The fourth-order valence-corrected chi connectivity index (χ4v) is 5.21. The number of aryl methyl sites for hydroxylation is 3. The summed E-state index contributed by atoms with van der Waals surface area (Å²) in [6.07, 6.45) is -4.04. The van der Waals surface area contributed by atoms with Crippen LogP contribution < -0.4 is 10.1 Å². The first-order valence-corrected chi connectivity index (χ1v) is 11.5. The Hall–Kier alpha value is -1.92. The predicted octanol–water partition coefficient (Wildman–Crippen LogP) is 2.48. The molecule has 0 aliphatic carbocycles. The second kappa shape index (κ2) is 8.14. The summed E-state index contributed by atoms with van der Waals surface area (Å²) in [4.78, 5) is 14.0. The number of nitrogens with zero attached hydrogens (tertiary/aromatic N) is 1. The molecule has 1 aromatic heterocycles. The lowest BCUT2D eigenvalue weighted by Crippen LogP contribution is -2.43. The Morgan fingerprint density at radius 1 is 1.34 bits per heavy atom. The fraction of sp³-hybridized carbons (Fsp3) is 0.474. The van der Waals surface area contributed by atoms with Crippen LogP contribution in [0.1, 0.15) is 28.5 Å². The van der Waals surface area contributed by atoms with Crippen LogP contribution in [-0.2, 0) is 25.0 Å². The van der Waals surface area contributed by atoms with Crippen molar-refractivity contribution in [3.05, 3.63) is 55.7 Å². The molecule has 0 bridgehead atoms. The lowest BCUT2D eigenvalue weighted by molar-refractivity contribution is -0.205. The van der Waals surface area contributed by atoms with Crippen LogP contribution >= 0.6 is 20.0 Å². The zero-order valence-electron chi connectivity index (χ0n) is 17.4. The molecule has 2 aliphatic rings. The second-order valence-electron chi connectivity index (χ2n) is 7.86. The molecule has 5 atom stereocenters. The van der Waals surface area contributed by atoms with Gasteiger partial charge >= 0.3 is 7.82 Å². The zero-order chi connectivity index (χ0) is 23.4. The van der Waals surface area contributed by atoms with Gasteiger partial charge in [0.1, 0.15) is 24.6 Å². The number of alkyl halides is 1. The number of phosphoric ester groups is 1. The van der Waals surface area contributed by atoms with Gasteiger partial charge in [0, 0.05) is 17.3 Å². The number of aromatic amines is 1. The Bertz CT molecular complexity index is 1230. The molecule has 1 unspecified atom stereocenters. The van der Waals surface area contributed by atoms with E-state index < -0.39 is 44.3 Å². The average Bonchev–Trinajstić information content (AvgIpc) is 2.95. The number of aliphatic hydroxyl groups excluding tert-OH is 2. The topological polar surface area (TPSA) is 132 Å². The molecule has 2 aromatic rings. The Morgan fingerprint density at radius 3 is 2.78 bits per heavy atom. The highest BCUT2D eigenvalue weighted by atomic mass is 32.1. The molecule has 1 saturated heterocycles. The van der Waals surface area contributed by atoms with Gasteiger partial charge in [0.25, 0.3) is 11.4 Å². The van der Waals surface area contributed by atoms with Crippen LogP contribution in [0.5, 0.6) is 5.75 Å². The Balaban J connectivity index is 1.53. The van der Waals surface area contributed by atoms with Crippen molar-refractivity contribution in [1.29, 1.82) is 0 Å². The molecular weight excluding hydrogens is 466 g/mol. The van der Waals surface area contributed by atoms with E-state index in [0.717, 1.165) is 10.1 Å². The molecule has 0 amide bonds. The molecule has 4 rings (SSSR count). The summed E-state index contributed by atoms with van der Waals surface area (Å²) < 4.78 is 50.3. The van der Waals surface area contributed by atoms with Gasteiger partial charge < -0.3 is 19.5 Å². The molecule has 10 nitrogen and oxygen atoms in total. The molecule has 1 fully saturated rings. The standard InChI is InChI=1S/C19H22FN2O8PS/c1-9-4-10(2)14-12(5-9)7-27-31(26,30-14)28-8-19(20)15(24)13(23)17(29-19)22-6-11(3)16(25)21-18(22)32/h4-6,13,15,17,23-24H,7-8H2,1-3H3,(H,21,25,32)/t13-,15+,17-,19-,31?/m1/s1. The number of halogens is 1. The Labute approximate surface area is 187 Å². The van der Waals surface area contributed by atoms with Crippen LogP contribution in [0.25, 0.3) is 0 Å². The summed E-state index contributed by atoms with van der Waals surface area (Å²) in [5, 5.41) is 20.7. The van der Waals surface area contributed by atoms with Crippen LogP contribution in [0.15, 0.2) is 23.1 Å². The van der Waals surface area contributed by atoms with Crippen LogP contribution in [-0.4, -0.2) is 44.4 Å². The summed E-state index contributed by atoms with van der Waals surface area (Å²) in [6, 6.07) is 3.63. The van der Waals surface area contributed by atoms with Gasteiger partial charge in [-0.15, -0.1) is 0 Å². The largest absolute Gasteiger partial charge is 0.530 e. The van der Waals surface area contributed by atoms with Crippen LogP contribution in [0.4, 0.5) is 4.39 Å². The minimum Gasteiger partial charge on any atom is -0.403 e. The van der Waals surface area contributed by atoms with Gasteiger partial charge in [0.2, 0.25) is 0 Å². The molecule has 2 aliphatic heterocycles. The quantitative estimate of drug-likeness (QED) is 0.439. The maximum atomic E-state index is 15.4. The lowest BCUT2D eigenvalue weighted by Gasteiger charge is -2.29. The maximum absolute atomic E-state index is 15.4. The minimum atomic E-state index is -4.23. The first kappa shape index (κ1) is 23.2. The van der Waals surface area contributed by atoms with E-state index in [1.807, 2.05) is 19.1 Å². The van der Waals surface area contributed by atoms with Crippen molar-refractivity contribution in [1.82, 2.24) is 9.55 Å². The van der Waals surface area contributed by atoms with Crippen molar-refractivity contribution in [3.63, 3.8) is 0 Å². The van der Waals surface area contributed by atoms with Crippen LogP contribution in [0, 0.1) is 25.5 Å². The molecule has 0 radical (unpaired) electrons. The van der Waals surface area contributed by atoms with E-state index >= 15 is 4.39 Å². The molecular formula is C19H22FN2O8PS. The van der Waals surface area contributed by atoms with Crippen molar-refractivity contribution in [2.75, 3.05) is 6.61 Å².